The standard InChI is InChI=1S/C12H21S/c1-4-5-10-13(3)12-8-6-11(2)7-9-12/h6,8H,4-5,7,9-10H2,1-3H3/q+1. The number of unbranched alkanes of at least 4 members (excludes halogenated alkanes) is 1. The summed E-state index contributed by atoms with van der Waals surface area (Å²) in [5.74, 6) is 1.40. The van der Waals surface area contributed by atoms with Crippen molar-refractivity contribution in [1.29, 1.82) is 0 Å². The Labute approximate surface area is 85.5 Å². The van der Waals surface area contributed by atoms with Crippen LogP contribution in [0.15, 0.2) is 22.6 Å². The molecule has 0 aromatic carbocycles. The van der Waals surface area contributed by atoms with Gasteiger partial charge >= 0.3 is 0 Å². The molecule has 1 aliphatic carbocycles. The van der Waals surface area contributed by atoms with E-state index >= 15 is 0 Å². The van der Waals surface area contributed by atoms with E-state index in [4.69, 9.17) is 0 Å². The highest BCUT2D eigenvalue weighted by Crippen LogP contribution is 2.23. The number of allylic oxidation sites excluding steroid dienone is 4. The molecule has 0 aromatic rings. The summed E-state index contributed by atoms with van der Waals surface area (Å²) in [5, 5.41) is 0. The molecule has 0 saturated heterocycles. The number of rotatable bonds is 4. The third kappa shape index (κ3) is 3.60. The van der Waals surface area contributed by atoms with E-state index in [1.165, 1.54) is 37.0 Å². The third-order valence-electron chi connectivity index (χ3n) is 2.57. The molecule has 0 heterocycles. The van der Waals surface area contributed by atoms with E-state index in [-0.39, 0.29) is 0 Å². The Bertz CT molecular complexity index is 213. The summed E-state index contributed by atoms with van der Waals surface area (Å²) in [6.07, 6.45) is 12.4. The van der Waals surface area contributed by atoms with Crippen molar-refractivity contribution in [3.8, 4) is 0 Å². The van der Waals surface area contributed by atoms with Crippen LogP contribution in [-0.2, 0) is 10.9 Å². The van der Waals surface area contributed by atoms with Crippen molar-refractivity contribution in [2.75, 3.05) is 12.0 Å². The molecular formula is C12H21S+. The molecule has 1 unspecified atom stereocenters. The van der Waals surface area contributed by atoms with Crippen LogP contribution >= 0.6 is 0 Å². The lowest BCUT2D eigenvalue weighted by Gasteiger charge is -2.10. The largest absolute Gasteiger partial charge is 0.131 e. The first kappa shape index (κ1) is 10.9. The fourth-order valence-electron chi connectivity index (χ4n) is 1.50. The summed E-state index contributed by atoms with van der Waals surface area (Å²) in [5.41, 5.74) is 1.54. The van der Waals surface area contributed by atoms with Gasteiger partial charge in [0.1, 0.15) is 16.9 Å². The first-order valence-corrected chi connectivity index (χ1v) is 7.03. The van der Waals surface area contributed by atoms with Crippen molar-refractivity contribution in [2.45, 2.75) is 39.5 Å². The summed E-state index contributed by atoms with van der Waals surface area (Å²) in [7, 11) is 0.545. The molecule has 74 valence electrons. The van der Waals surface area contributed by atoms with Gasteiger partial charge in [0.15, 0.2) is 0 Å². The lowest BCUT2D eigenvalue weighted by Crippen LogP contribution is -2.09. The molecule has 1 atom stereocenters. The van der Waals surface area contributed by atoms with Crippen molar-refractivity contribution >= 4 is 10.9 Å². The van der Waals surface area contributed by atoms with Gasteiger partial charge in [0.05, 0.1) is 0 Å². The molecule has 0 bridgehead atoms. The van der Waals surface area contributed by atoms with Gasteiger partial charge in [0.2, 0.25) is 0 Å². The Morgan fingerprint density at radius 2 is 2.08 bits per heavy atom. The van der Waals surface area contributed by atoms with E-state index in [2.05, 4.69) is 32.3 Å². The van der Waals surface area contributed by atoms with Crippen molar-refractivity contribution in [3.05, 3.63) is 22.6 Å². The van der Waals surface area contributed by atoms with Crippen molar-refractivity contribution in [3.63, 3.8) is 0 Å². The highest BCUT2D eigenvalue weighted by Gasteiger charge is 2.19. The summed E-state index contributed by atoms with van der Waals surface area (Å²) in [4.78, 5) is 1.69. The Hall–Kier alpha value is -0.170. The topological polar surface area (TPSA) is 0 Å². The van der Waals surface area contributed by atoms with Crippen LogP contribution in [0.1, 0.15) is 39.5 Å². The average Bonchev–Trinajstić information content (AvgIpc) is 2.15. The molecule has 0 fully saturated rings. The minimum atomic E-state index is 0.545. The van der Waals surface area contributed by atoms with Gasteiger partial charge in [0.25, 0.3) is 0 Å². The number of hydrogen-bond acceptors (Lipinski definition) is 0. The molecule has 0 spiro atoms. The fourth-order valence-corrected chi connectivity index (χ4v) is 3.24. The van der Waals surface area contributed by atoms with Gasteiger partial charge < -0.3 is 0 Å². The van der Waals surface area contributed by atoms with Crippen molar-refractivity contribution in [2.24, 2.45) is 0 Å². The molecule has 0 aliphatic heterocycles. The van der Waals surface area contributed by atoms with E-state index in [1.807, 2.05) is 0 Å². The smallest absolute Gasteiger partial charge is 0.0727 e. The summed E-state index contributed by atoms with van der Waals surface area (Å²) >= 11 is 0. The second-order valence-corrected chi connectivity index (χ2v) is 6.05. The second-order valence-electron chi connectivity index (χ2n) is 3.84. The van der Waals surface area contributed by atoms with Crippen LogP contribution in [0.25, 0.3) is 0 Å². The van der Waals surface area contributed by atoms with Gasteiger partial charge in [-0.1, -0.05) is 25.0 Å². The van der Waals surface area contributed by atoms with Gasteiger partial charge in [-0.25, -0.2) is 0 Å². The molecule has 0 radical (unpaired) electrons. The monoisotopic (exact) mass is 197 g/mol. The van der Waals surface area contributed by atoms with E-state index < -0.39 is 0 Å². The third-order valence-corrected chi connectivity index (χ3v) is 4.71. The zero-order valence-electron chi connectivity index (χ0n) is 9.10. The molecule has 0 N–H and O–H groups in total. The normalized spacial score (nSPS) is 19.3. The van der Waals surface area contributed by atoms with Crippen LogP contribution in [-0.4, -0.2) is 12.0 Å². The first-order chi connectivity index (χ1) is 6.24. The maximum absolute atomic E-state index is 2.40. The van der Waals surface area contributed by atoms with Crippen molar-refractivity contribution < 1.29 is 0 Å². The molecule has 0 nitrogen and oxygen atoms in total. The molecular weight excluding hydrogens is 176 g/mol. The van der Waals surface area contributed by atoms with Gasteiger partial charge in [0, 0.05) is 17.3 Å². The second kappa shape index (κ2) is 5.54. The predicted molar refractivity (Wildman–Crippen MR) is 64.1 cm³/mol. The van der Waals surface area contributed by atoms with Crippen molar-refractivity contribution in [1.82, 2.24) is 0 Å². The SMILES string of the molecule is CCCC[S+](C)C1=CC=C(C)CC1. The molecule has 1 heteroatoms. The van der Waals surface area contributed by atoms with E-state index in [1.54, 1.807) is 4.91 Å². The zero-order valence-corrected chi connectivity index (χ0v) is 9.91. The van der Waals surface area contributed by atoms with Gasteiger partial charge in [-0.2, -0.15) is 0 Å². The Kier molecular flexibility index (Phi) is 4.65. The minimum Gasteiger partial charge on any atom is -0.0727 e. The van der Waals surface area contributed by atoms with Crippen LogP contribution in [0.5, 0.6) is 0 Å². The molecule has 13 heavy (non-hydrogen) atoms. The van der Waals surface area contributed by atoms with E-state index in [0.717, 1.165) is 0 Å². The van der Waals surface area contributed by atoms with E-state index in [0.29, 0.717) is 10.9 Å². The molecule has 1 rings (SSSR count). The van der Waals surface area contributed by atoms with Crippen LogP contribution < -0.4 is 0 Å². The van der Waals surface area contributed by atoms with E-state index in [9.17, 15) is 0 Å². The maximum Gasteiger partial charge on any atom is 0.131 e. The summed E-state index contributed by atoms with van der Waals surface area (Å²) in [6.45, 7) is 4.50. The summed E-state index contributed by atoms with van der Waals surface area (Å²) in [6, 6.07) is 0. The quantitative estimate of drug-likeness (QED) is 0.603. The van der Waals surface area contributed by atoms with Crippen LogP contribution in [0.4, 0.5) is 0 Å². The summed E-state index contributed by atoms with van der Waals surface area (Å²) < 4.78 is 0. The highest BCUT2D eigenvalue weighted by molar-refractivity contribution is 7.99. The molecule has 0 amide bonds. The van der Waals surface area contributed by atoms with Crippen LogP contribution in [0.3, 0.4) is 0 Å². The highest BCUT2D eigenvalue weighted by atomic mass is 32.2. The maximum atomic E-state index is 2.40. The number of hydrogen-bond donors (Lipinski definition) is 0. The van der Waals surface area contributed by atoms with Gasteiger partial charge in [-0.15, -0.1) is 0 Å². The molecule has 0 saturated carbocycles. The Morgan fingerprint density at radius 1 is 1.31 bits per heavy atom. The van der Waals surface area contributed by atoms with Gasteiger partial charge in [-0.3, -0.25) is 0 Å². The Balaban J connectivity index is 2.43. The Morgan fingerprint density at radius 3 is 2.62 bits per heavy atom. The zero-order chi connectivity index (χ0) is 9.68. The average molecular weight is 197 g/mol. The fraction of sp³-hybridized carbons (Fsp3) is 0.667. The predicted octanol–water partition coefficient (Wildman–Crippen LogP) is 3.66. The minimum absolute atomic E-state index is 0.545. The first-order valence-electron chi connectivity index (χ1n) is 5.23. The van der Waals surface area contributed by atoms with Crippen LogP contribution in [0, 0.1) is 0 Å². The lowest BCUT2D eigenvalue weighted by atomic mass is 10.1. The van der Waals surface area contributed by atoms with Crippen LogP contribution in [0.2, 0.25) is 0 Å². The molecule has 0 aromatic heterocycles. The van der Waals surface area contributed by atoms with Gasteiger partial charge in [-0.05, 0) is 25.8 Å². The lowest BCUT2D eigenvalue weighted by molar-refractivity contribution is 0.890. The molecule has 1 aliphatic rings.